The predicted octanol–water partition coefficient (Wildman–Crippen LogP) is 1.97. The molecule has 3 atom stereocenters. The Morgan fingerprint density at radius 3 is 2.83 bits per heavy atom. The summed E-state index contributed by atoms with van der Waals surface area (Å²) >= 11 is 0. The highest BCUT2D eigenvalue weighted by Gasteiger charge is 2.57. The van der Waals surface area contributed by atoms with Crippen molar-refractivity contribution in [2.75, 3.05) is 19.7 Å². The van der Waals surface area contributed by atoms with Crippen molar-refractivity contribution in [3.05, 3.63) is 36.7 Å². The van der Waals surface area contributed by atoms with Crippen molar-refractivity contribution in [3.8, 4) is 5.75 Å². The van der Waals surface area contributed by atoms with Gasteiger partial charge in [0.15, 0.2) is 0 Å². The minimum atomic E-state index is -0.418. The first-order valence-electron chi connectivity index (χ1n) is 8.53. The molecule has 1 aliphatic carbocycles. The maximum atomic E-state index is 12.5. The third kappa shape index (κ3) is 2.84. The van der Waals surface area contributed by atoms with Gasteiger partial charge in [-0.2, -0.15) is 0 Å². The molecule has 0 bridgehead atoms. The second-order valence-corrected chi connectivity index (χ2v) is 7.53. The third-order valence-electron chi connectivity index (χ3n) is 5.08. The summed E-state index contributed by atoms with van der Waals surface area (Å²) in [6.45, 7) is 6.36. The van der Waals surface area contributed by atoms with Crippen molar-refractivity contribution in [1.82, 2.24) is 15.6 Å². The summed E-state index contributed by atoms with van der Waals surface area (Å²) in [5.41, 5.74) is -0.418. The summed E-state index contributed by atoms with van der Waals surface area (Å²) in [6, 6.07) is 8.01. The monoisotopic (exact) mass is 325 g/mol. The number of hydrogen-bond acceptors (Lipinski definition) is 4. The number of aromatic nitrogens is 1. The Hall–Kier alpha value is -2.14. The average molecular weight is 325 g/mol. The number of ether oxygens (including phenoxy) is 1. The molecule has 2 unspecified atom stereocenters. The van der Waals surface area contributed by atoms with E-state index in [1.165, 1.54) is 0 Å². The predicted molar refractivity (Wildman–Crippen MR) is 92.8 cm³/mol. The van der Waals surface area contributed by atoms with E-state index in [9.17, 15) is 4.79 Å². The lowest BCUT2D eigenvalue weighted by molar-refractivity contribution is -0.125. The van der Waals surface area contributed by atoms with Crippen LogP contribution in [0.2, 0.25) is 0 Å². The van der Waals surface area contributed by atoms with Crippen molar-refractivity contribution in [2.24, 2.45) is 17.8 Å². The molecule has 1 aromatic heterocycles. The van der Waals surface area contributed by atoms with Crippen LogP contribution in [0.1, 0.15) is 13.8 Å². The number of rotatable bonds is 5. The molecule has 2 aromatic rings. The van der Waals surface area contributed by atoms with E-state index in [2.05, 4.69) is 15.6 Å². The Bertz CT molecular complexity index is 759. The summed E-state index contributed by atoms with van der Waals surface area (Å²) < 4.78 is 5.99. The highest BCUT2D eigenvalue weighted by atomic mass is 16.5. The van der Waals surface area contributed by atoms with Crippen LogP contribution in [0.15, 0.2) is 36.7 Å². The van der Waals surface area contributed by atoms with Crippen LogP contribution in [0.5, 0.6) is 5.75 Å². The fraction of sp³-hybridized carbons (Fsp3) is 0.474. The molecular formula is C19H23N3O2. The molecule has 5 nitrogen and oxygen atoms in total. The first kappa shape index (κ1) is 15.4. The Balaban J connectivity index is 1.39. The molecule has 2 fully saturated rings. The van der Waals surface area contributed by atoms with Crippen LogP contribution in [0.4, 0.5) is 0 Å². The summed E-state index contributed by atoms with van der Waals surface area (Å²) in [7, 11) is 0. The SMILES string of the molecule is CC(C)(COc1cncc2ccccc12)NC(=O)C1C2CNC[C@@H]21. The first-order valence-corrected chi connectivity index (χ1v) is 8.53. The Kier molecular flexibility index (Phi) is 3.68. The minimum absolute atomic E-state index is 0.163. The zero-order valence-electron chi connectivity index (χ0n) is 14.1. The number of fused-ring (bicyclic) bond motifs is 2. The van der Waals surface area contributed by atoms with E-state index in [4.69, 9.17) is 4.74 Å². The van der Waals surface area contributed by atoms with E-state index >= 15 is 0 Å². The smallest absolute Gasteiger partial charge is 0.224 e. The maximum absolute atomic E-state index is 12.5. The van der Waals surface area contributed by atoms with E-state index in [1.807, 2.05) is 44.3 Å². The number of nitrogens with zero attached hydrogens (tertiary/aromatic N) is 1. The molecule has 4 rings (SSSR count). The number of hydrogen-bond donors (Lipinski definition) is 2. The van der Waals surface area contributed by atoms with Crippen LogP contribution in [-0.2, 0) is 4.79 Å². The molecule has 1 saturated heterocycles. The van der Waals surface area contributed by atoms with E-state index < -0.39 is 5.54 Å². The molecule has 1 amide bonds. The first-order chi connectivity index (χ1) is 11.6. The topological polar surface area (TPSA) is 63.2 Å². The van der Waals surface area contributed by atoms with Crippen molar-refractivity contribution < 1.29 is 9.53 Å². The van der Waals surface area contributed by atoms with Gasteiger partial charge in [0.05, 0.1) is 11.7 Å². The fourth-order valence-electron chi connectivity index (χ4n) is 3.72. The van der Waals surface area contributed by atoms with Gasteiger partial charge in [0.2, 0.25) is 5.91 Å². The van der Waals surface area contributed by atoms with E-state index in [-0.39, 0.29) is 11.8 Å². The van der Waals surface area contributed by atoms with Gasteiger partial charge in [0, 0.05) is 22.9 Å². The molecule has 2 N–H and O–H groups in total. The van der Waals surface area contributed by atoms with Crippen molar-refractivity contribution in [3.63, 3.8) is 0 Å². The molecular weight excluding hydrogens is 302 g/mol. The van der Waals surface area contributed by atoms with Crippen molar-refractivity contribution >= 4 is 16.7 Å². The number of nitrogens with one attached hydrogen (secondary N) is 2. The summed E-state index contributed by atoms with van der Waals surface area (Å²) in [4.78, 5) is 16.7. The van der Waals surface area contributed by atoms with Crippen molar-refractivity contribution in [1.29, 1.82) is 0 Å². The van der Waals surface area contributed by atoms with Gasteiger partial charge in [-0.1, -0.05) is 24.3 Å². The zero-order chi connectivity index (χ0) is 16.7. The molecule has 24 heavy (non-hydrogen) atoms. The molecule has 1 aromatic carbocycles. The van der Waals surface area contributed by atoms with Gasteiger partial charge in [-0.05, 0) is 38.8 Å². The number of carbonyl (C=O) groups excluding carboxylic acids is 1. The molecule has 2 aliphatic rings. The summed E-state index contributed by atoms with van der Waals surface area (Å²) in [5, 5.41) is 8.56. The summed E-state index contributed by atoms with van der Waals surface area (Å²) in [5.74, 6) is 2.16. The van der Waals surface area contributed by atoms with Crippen LogP contribution in [0.3, 0.4) is 0 Å². The average Bonchev–Trinajstić information content (AvgIpc) is 3.06. The van der Waals surface area contributed by atoms with Crippen LogP contribution >= 0.6 is 0 Å². The quantitative estimate of drug-likeness (QED) is 0.882. The van der Waals surface area contributed by atoms with Gasteiger partial charge in [-0.25, -0.2) is 0 Å². The normalized spacial score (nSPS) is 25.3. The number of benzene rings is 1. The second-order valence-electron chi connectivity index (χ2n) is 7.53. The maximum Gasteiger partial charge on any atom is 0.224 e. The second kappa shape index (κ2) is 5.74. The zero-order valence-corrected chi connectivity index (χ0v) is 14.1. The highest BCUT2D eigenvalue weighted by molar-refractivity contribution is 5.87. The van der Waals surface area contributed by atoms with Gasteiger partial charge >= 0.3 is 0 Å². The fourth-order valence-corrected chi connectivity index (χ4v) is 3.72. The van der Waals surface area contributed by atoms with Gasteiger partial charge < -0.3 is 15.4 Å². The van der Waals surface area contributed by atoms with Gasteiger partial charge in [-0.15, -0.1) is 0 Å². The van der Waals surface area contributed by atoms with Gasteiger partial charge in [0.1, 0.15) is 12.4 Å². The number of pyridine rings is 1. The minimum Gasteiger partial charge on any atom is -0.489 e. The molecule has 126 valence electrons. The van der Waals surface area contributed by atoms with E-state index in [0.717, 1.165) is 29.6 Å². The molecule has 5 heteroatoms. The van der Waals surface area contributed by atoms with Crippen molar-refractivity contribution in [2.45, 2.75) is 19.4 Å². The van der Waals surface area contributed by atoms with E-state index in [0.29, 0.717) is 18.4 Å². The number of carbonyl (C=O) groups is 1. The molecule has 1 aliphatic heterocycles. The lowest BCUT2D eigenvalue weighted by atomic mass is 10.1. The Morgan fingerprint density at radius 1 is 1.29 bits per heavy atom. The van der Waals surface area contributed by atoms with Crippen LogP contribution < -0.4 is 15.4 Å². The third-order valence-corrected chi connectivity index (χ3v) is 5.08. The lowest BCUT2D eigenvalue weighted by Crippen LogP contribution is -2.49. The number of amides is 1. The largest absolute Gasteiger partial charge is 0.489 e. The molecule has 2 heterocycles. The lowest BCUT2D eigenvalue weighted by Gasteiger charge is -2.27. The Labute approximate surface area is 141 Å². The Morgan fingerprint density at radius 2 is 2.04 bits per heavy atom. The van der Waals surface area contributed by atoms with Gasteiger partial charge in [-0.3, -0.25) is 9.78 Å². The standard InChI is InChI=1S/C19H23N3O2/c1-19(2,22-18(23)17-14-8-21-9-15(14)17)11-24-16-10-20-7-12-5-3-4-6-13(12)16/h3-7,10,14-15,17,21H,8-9,11H2,1-2H3,(H,22,23)/t14-,15?,17?/m0/s1. The summed E-state index contributed by atoms with van der Waals surface area (Å²) in [6.07, 6.45) is 3.56. The van der Waals surface area contributed by atoms with Crippen LogP contribution in [-0.4, -0.2) is 36.1 Å². The van der Waals surface area contributed by atoms with Crippen LogP contribution in [0, 0.1) is 17.8 Å². The molecule has 0 spiro atoms. The molecule has 0 radical (unpaired) electrons. The van der Waals surface area contributed by atoms with Gasteiger partial charge in [0.25, 0.3) is 0 Å². The van der Waals surface area contributed by atoms with Crippen LogP contribution in [0.25, 0.3) is 10.8 Å². The van der Waals surface area contributed by atoms with E-state index in [1.54, 1.807) is 6.20 Å². The number of piperidine rings is 1. The highest BCUT2D eigenvalue weighted by Crippen LogP contribution is 2.48. The molecule has 1 saturated carbocycles.